The molecule has 156 valence electrons. The molecule has 0 saturated carbocycles. The highest BCUT2D eigenvalue weighted by Crippen LogP contribution is 2.26. The van der Waals surface area contributed by atoms with E-state index in [0.717, 1.165) is 0 Å². The predicted molar refractivity (Wildman–Crippen MR) is 106 cm³/mol. The number of ether oxygens (including phenoxy) is 2. The van der Waals surface area contributed by atoms with E-state index in [-0.39, 0.29) is 23.7 Å². The third-order valence-electron chi connectivity index (χ3n) is 4.66. The average molecular weight is 402 g/mol. The molecular weight excluding hydrogens is 376 g/mol. The second kappa shape index (κ2) is 9.37. The highest BCUT2D eigenvalue weighted by Gasteiger charge is 2.33. The Balaban J connectivity index is 1.53. The van der Waals surface area contributed by atoms with Gasteiger partial charge in [0.25, 0.3) is 5.91 Å². The first kappa shape index (κ1) is 20.6. The van der Waals surface area contributed by atoms with Crippen LogP contribution >= 0.6 is 0 Å². The molecule has 1 N–H and O–H groups in total. The van der Waals surface area contributed by atoms with Crippen LogP contribution in [0.3, 0.4) is 0 Å². The van der Waals surface area contributed by atoms with Gasteiger partial charge >= 0.3 is 6.03 Å². The first-order chi connectivity index (χ1) is 14.0. The van der Waals surface area contributed by atoms with Crippen molar-refractivity contribution < 1.29 is 19.1 Å². The molecule has 0 atom stereocenters. The predicted octanol–water partition coefficient (Wildman–Crippen LogP) is 1.48. The molecule has 10 nitrogen and oxygen atoms in total. The number of amides is 3. The summed E-state index contributed by atoms with van der Waals surface area (Å²) in [5.41, 5.74) is 0.910. The number of likely N-dealkylation sites (tertiary alicyclic amines) is 1. The fraction of sp³-hybridized carbons (Fsp3) is 0.474. The van der Waals surface area contributed by atoms with Gasteiger partial charge in [-0.3, -0.25) is 4.79 Å². The Morgan fingerprint density at radius 3 is 2.79 bits per heavy atom. The number of carbonyl (C=O) groups excluding carboxylic acids is 2. The molecule has 2 aromatic rings. The van der Waals surface area contributed by atoms with Crippen molar-refractivity contribution in [2.75, 3.05) is 52.3 Å². The van der Waals surface area contributed by atoms with E-state index in [0.29, 0.717) is 44.3 Å². The number of hydrogen-bond donors (Lipinski definition) is 1. The monoisotopic (exact) mass is 402 g/mol. The molecule has 0 bridgehead atoms. The van der Waals surface area contributed by atoms with Crippen LogP contribution in [0.25, 0.3) is 0 Å². The number of para-hydroxylation sites is 2. The van der Waals surface area contributed by atoms with E-state index in [1.54, 1.807) is 36.0 Å². The Kier molecular flexibility index (Phi) is 6.65. The van der Waals surface area contributed by atoms with Crippen LogP contribution in [0.4, 0.5) is 10.5 Å². The Hall–Kier alpha value is -3.14. The van der Waals surface area contributed by atoms with Crippen LogP contribution in [-0.2, 0) is 4.74 Å². The zero-order chi connectivity index (χ0) is 20.8. The molecule has 1 aromatic heterocycles. The summed E-state index contributed by atoms with van der Waals surface area (Å²) in [5.74, 6) is 0.423. The van der Waals surface area contributed by atoms with Crippen LogP contribution in [0.5, 0.6) is 5.75 Å². The summed E-state index contributed by atoms with van der Waals surface area (Å²) in [7, 11) is 3.28. The molecular formula is C19H26N6O4. The van der Waals surface area contributed by atoms with Crippen molar-refractivity contribution in [3.8, 4) is 5.75 Å². The van der Waals surface area contributed by atoms with E-state index in [9.17, 15) is 9.59 Å². The van der Waals surface area contributed by atoms with Crippen molar-refractivity contribution in [2.45, 2.75) is 13.0 Å². The molecule has 0 radical (unpaired) electrons. The maximum absolute atomic E-state index is 12.5. The molecule has 29 heavy (non-hydrogen) atoms. The fourth-order valence-corrected chi connectivity index (χ4v) is 2.91. The number of carbonyl (C=O) groups is 2. The van der Waals surface area contributed by atoms with Crippen LogP contribution in [0.2, 0.25) is 0 Å². The van der Waals surface area contributed by atoms with Gasteiger partial charge in [0.1, 0.15) is 5.75 Å². The van der Waals surface area contributed by atoms with Crippen molar-refractivity contribution in [3.63, 3.8) is 0 Å². The van der Waals surface area contributed by atoms with Gasteiger partial charge in [0.05, 0.1) is 31.1 Å². The zero-order valence-electron chi connectivity index (χ0n) is 16.9. The van der Waals surface area contributed by atoms with Gasteiger partial charge in [-0.1, -0.05) is 17.3 Å². The molecule has 1 saturated heterocycles. The maximum atomic E-state index is 12.5. The van der Waals surface area contributed by atoms with Crippen molar-refractivity contribution in [1.29, 1.82) is 0 Å². The molecule has 0 unspecified atom stereocenters. The summed E-state index contributed by atoms with van der Waals surface area (Å²) in [4.78, 5) is 28.0. The molecule has 1 aliphatic rings. The topological polar surface area (TPSA) is 102 Å². The Morgan fingerprint density at radius 2 is 2.07 bits per heavy atom. The van der Waals surface area contributed by atoms with Crippen LogP contribution in [0, 0.1) is 0 Å². The van der Waals surface area contributed by atoms with E-state index in [4.69, 9.17) is 9.47 Å². The summed E-state index contributed by atoms with van der Waals surface area (Å²) < 4.78 is 12.1. The van der Waals surface area contributed by atoms with E-state index >= 15 is 0 Å². The fourth-order valence-electron chi connectivity index (χ4n) is 2.91. The molecule has 0 aliphatic carbocycles. The highest BCUT2D eigenvalue weighted by atomic mass is 16.5. The van der Waals surface area contributed by atoms with Gasteiger partial charge in [0.15, 0.2) is 5.69 Å². The number of methoxy groups -OCH3 is 1. The number of aromatic nitrogens is 3. The number of nitrogens with one attached hydrogen (secondary N) is 1. The average Bonchev–Trinajstić information content (AvgIpc) is 3.15. The standard InChI is InChI=1S/C19H26N6O4/c1-4-29-17-8-6-5-7-15(17)20-19(27)24-11-14(12-24)25-13-16(21-22-25)18(26)23(2)9-10-28-3/h5-8,13-14H,4,9-12H2,1-3H3,(H,20,27). The minimum absolute atomic E-state index is 0.0128. The second-order valence-corrected chi connectivity index (χ2v) is 6.72. The zero-order valence-corrected chi connectivity index (χ0v) is 16.9. The summed E-state index contributed by atoms with van der Waals surface area (Å²) in [5, 5.41) is 10.9. The first-order valence-corrected chi connectivity index (χ1v) is 9.47. The third kappa shape index (κ3) is 4.83. The van der Waals surface area contributed by atoms with Crippen molar-refractivity contribution in [2.24, 2.45) is 0 Å². The molecule has 1 fully saturated rings. The minimum Gasteiger partial charge on any atom is -0.492 e. The molecule has 1 aliphatic heterocycles. The Labute approximate surface area is 169 Å². The molecule has 3 amide bonds. The lowest BCUT2D eigenvalue weighted by atomic mass is 10.1. The first-order valence-electron chi connectivity index (χ1n) is 9.47. The van der Waals surface area contributed by atoms with E-state index in [1.165, 1.54) is 4.90 Å². The lowest BCUT2D eigenvalue weighted by molar-refractivity contribution is 0.0738. The number of benzene rings is 1. The summed E-state index contributed by atoms with van der Waals surface area (Å²) in [6.45, 7) is 4.31. The summed E-state index contributed by atoms with van der Waals surface area (Å²) in [6.07, 6.45) is 1.62. The number of nitrogens with zero attached hydrogens (tertiary/aromatic N) is 5. The van der Waals surface area contributed by atoms with Crippen LogP contribution in [0.1, 0.15) is 23.5 Å². The number of rotatable bonds is 8. The number of hydrogen-bond acceptors (Lipinski definition) is 6. The van der Waals surface area contributed by atoms with E-state index in [1.807, 2.05) is 25.1 Å². The number of likely N-dealkylation sites (N-methyl/N-ethyl adjacent to an activating group) is 1. The number of urea groups is 1. The largest absolute Gasteiger partial charge is 0.492 e. The van der Waals surface area contributed by atoms with Gasteiger partial charge in [-0.2, -0.15) is 0 Å². The van der Waals surface area contributed by atoms with Crippen molar-refractivity contribution in [3.05, 3.63) is 36.2 Å². The third-order valence-corrected chi connectivity index (χ3v) is 4.66. The highest BCUT2D eigenvalue weighted by molar-refractivity contribution is 5.92. The summed E-state index contributed by atoms with van der Waals surface area (Å²) in [6, 6.07) is 7.10. The van der Waals surface area contributed by atoms with Gasteiger partial charge in [-0.25, -0.2) is 9.48 Å². The van der Waals surface area contributed by atoms with Gasteiger partial charge in [0.2, 0.25) is 0 Å². The number of anilines is 1. The minimum atomic E-state index is -0.213. The quantitative estimate of drug-likeness (QED) is 0.718. The lowest BCUT2D eigenvalue weighted by Gasteiger charge is -2.38. The van der Waals surface area contributed by atoms with Crippen LogP contribution < -0.4 is 10.1 Å². The molecule has 2 heterocycles. The smallest absolute Gasteiger partial charge is 0.322 e. The van der Waals surface area contributed by atoms with Crippen molar-refractivity contribution >= 4 is 17.6 Å². The Bertz CT molecular complexity index is 849. The van der Waals surface area contributed by atoms with Gasteiger partial charge in [0, 0.05) is 33.8 Å². The SMILES string of the molecule is CCOc1ccccc1NC(=O)N1CC(n2cc(C(=O)N(C)CCOC)nn2)C1. The van der Waals surface area contributed by atoms with Crippen molar-refractivity contribution in [1.82, 2.24) is 24.8 Å². The molecule has 0 spiro atoms. The van der Waals surface area contributed by atoms with Gasteiger partial charge in [-0.15, -0.1) is 5.10 Å². The van der Waals surface area contributed by atoms with Gasteiger partial charge in [-0.05, 0) is 19.1 Å². The maximum Gasteiger partial charge on any atom is 0.322 e. The van der Waals surface area contributed by atoms with Crippen LogP contribution in [-0.4, -0.2) is 83.7 Å². The lowest BCUT2D eigenvalue weighted by Crippen LogP contribution is -2.52. The van der Waals surface area contributed by atoms with E-state index < -0.39 is 0 Å². The van der Waals surface area contributed by atoms with Crippen LogP contribution in [0.15, 0.2) is 30.5 Å². The molecule has 1 aromatic carbocycles. The molecule has 10 heteroatoms. The Morgan fingerprint density at radius 1 is 1.31 bits per heavy atom. The summed E-state index contributed by atoms with van der Waals surface area (Å²) >= 11 is 0. The second-order valence-electron chi connectivity index (χ2n) is 6.72. The van der Waals surface area contributed by atoms with E-state index in [2.05, 4.69) is 15.6 Å². The normalized spacial score (nSPS) is 13.7. The van der Waals surface area contributed by atoms with Gasteiger partial charge < -0.3 is 24.6 Å². The molecule has 3 rings (SSSR count).